The van der Waals surface area contributed by atoms with Crippen LogP contribution in [0.2, 0.25) is 0 Å². The van der Waals surface area contributed by atoms with Crippen molar-refractivity contribution < 1.29 is 4.79 Å². The molecular formula is C11H19N3OS. The second kappa shape index (κ2) is 6.62. The van der Waals surface area contributed by atoms with Gasteiger partial charge in [0.1, 0.15) is 0 Å². The van der Waals surface area contributed by atoms with E-state index in [0.29, 0.717) is 6.54 Å². The Kier molecular flexibility index (Phi) is 5.45. The fourth-order valence-electron chi connectivity index (χ4n) is 1.33. The molecule has 0 unspecified atom stereocenters. The first-order valence-corrected chi connectivity index (χ1v) is 6.16. The number of nitrogens with two attached hydrogens (primary N) is 1. The van der Waals surface area contributed by atoms with Crippen molar-refractivity contribution in [3.05, 3.63) is 22.4 Å². The summed E-state index contributed by atoms with van der Waals surface area (Å²) in [7, 11) is 3.99. The lowest BCUT2D eigenvalue weighted by Gasteiger charge is -2.23. The number of rotatable bonds is 6. The summed E-state index contributed by atoms with van der Waals surface area (Å²) < 4.78 is 0. The Bertz CT molecular complexity index is 311. The molecule has 0 aliphatic heterocycles. The first-order valence-electron chi connectivity index (χ1n) is 5.28. The molecule has 0 atom stereocenters. The summed E-state index contributed by atoms with van der Waals surface area (Å²) in [5.41, 5.74) is 5.41. The third kappa shape index (κ3) is 4.30. The number of amides is 1. The molecule has 1 aromatic rings. The van der Waals surface area contributed by atoms with E-state index >= 15 is 0 Å². The largest absolute Gasteiger partial charge is 0.335 e. The Morgan fingerprint density at radius 3 is 2.69 bits per heavy atom. The number of thiophene rings is 1. The van der Waals surface area contributed by atoms with Gasteiger partial charge in [-0.25, -0.2) is 0 Å². The van der Waals surface area contributed by atoms with Crippen molar-refractivity contribution in [3.63, 3.8) is 0 Å². The van der Waals surface area contributed by atoms with Crippen LogP contribution in [-0.4, -0.2) is 49.4 Å². The number of nitrogens with zero attached hydrogens (tertiary/aromatic N) is 2. The molecule has 16 heavy (non-hydrogen) atoms. The molecule has 0 fully saturated rings. The highest BCUT2D eigenvalue weighted by atomic mass is 32.1. The molecule has 1 aromatic heterocycles. The Balaban J connectivity index is 2.53. The van der Waals surface area contributed by atoms with Gasteiger partial charge in [0.2, 0.25) is 5.91 Å². The highest BCUT2D eigenvalue weighted by Crippen LogP contribution is 2.11. The minimum Gasteiger partial charge on any atom is -0.335 e. The molecule has 0 saturated carbocycles. The van der Waals surface area contributed by atoms with E-state index in [1.807, 2.05) is 36.5 Å². The highest BCUT2D eigenvalue weighted by Gasteiger charge is 2.12. The Labute approximate surface area is 101 Å². The molecule has 5 heteroatoms. The van der Waals surface area contributed by atoms with Crippen LogP contribution in [0.3, 0.4) is 0 Å². The minimum absolute atomic E-state index is 0.00949. The molecule has 2 N–H and O–H groups in total. The van der Waals surface area contributed by atoms with Gasteiger partial charge < -0.3 is 15.5 Å². The zero-order valence-electron chi connectivity index (χ0n) is 9.85. The molecule has 1 heterocycles. The summed E-state index contributed by atoms with van der Waals surface area (Å²) in [4.78, 5) is 16.7. The summed E-state index contributed by atoms with van der Waals surface area (Å²) in [5, 5.41) is 2.02. The van der Waals surface area contributed by atoms with E-state index in [9.17, 15) is 4.79 Å². The van der Waals surface area contributed by atoms with Gasteiger partial charge in [-0.2, -0.15) is 0 Å². The lowest BCUT2D eigenvalue weighted by molar-refractivity contribution is -0.130. The molecule has 4 nitrogen and oxygen atoms in total. The summed E-state index contributed by atoms with van der Waals surface area (Å²) in [6.07, 6.45) is 0. The number of hydrogen-bond donors (Lipinski definition) is 1. The third-order valence-corrected chi connectivity index (χ3v) is 3.13. The van der Waals surface area contributed by atoms with Crippen LogP contribution in [0.1, 0.15) is 4.88 Å². The van der Waals surface area contributed by atoms with E-state index in [1.54, 1.807) is 11.3 Å². The van der Waals surface area contributed by atoms with E-state index in [1.165, 1.54) is 4.88 Å². The SMILES string of the molecule is CN(C)CCN(Cc1cccs1)C(=O)CN. The lowest BCUT2D eigenvalue weighted by atomic mass is 10.3. The van der Waals surface area contributed by atoms with Crippen molar-refractivity contribution in [2.24, 2.45) is 5.73 Å². The maximum absolute atomic E-state index is 11.6. The summed E-state index contributed by atoms with van der Waals surface area (Å²) in [6, 6.07) is 4.04. The van der Waals surface area contributed by atoms with E-state index < -0.39 is 0 Å². The number of carbonyl (C=O) groups excluding carboxylic acids is 1. The molecule has 0 aliphatic rings. The number of carbonyl (C=O) groups is 1. The van der Waals surface area contributed by atoms with Gasteiger partial charge >= 0.3 is 0 Å². The van der Waals surface area contributed by atoms with E-state index in [4.69, 9.17) is 5.73 Å². The van der Waals surface area contributed by atoms with Crippen molar-refractivity contribution in [2.75, 3.05) is 33.7 Å². The third-order valence-electron chi connectivity index (χ3n) is 2.27. The Morgan fingerprint density at radius 2 is 2.19 bits per heavy atom. The molecule has 1 rings (SSSR count). The zero-order chi connectivity index (χ0) is 12.0. The molecular weight excluding hydrogens is 222 g/mol. The lowest BCUT2D eigenvalue weighted by Crippen LogP contribution is -2.39. The van der Waals surface area contributed by atoms with Gasteiger partial charge in [-0.1, -0.05) is 6.07 Å². The van der Waals surface area contributed by atoms with Gasteiger partial charge in [0.05, 0.1) is 13.1 Å². The molecule has 0 radical (unpaired) electrons. The summed E-state index contributed by atoms with van der Waals surface area (Å²) in [5.74, 6) is 0.00949. The average Bonchev–Trinajstić information content (AvgIpc) is 2.75. The molecule has 0 saturated heterocycles. The molecule has 1 amide bonds. The van der Waals surface area contributed by atoms with E-state index in [0.717, 1.165) is 13.1 Å². The molecule has 90 valence electrons. The van der Waals surface area contributed by atoms with E-state index in [-0.39, 0.29) is 12.5 Å². The molecule has 0 bridgehead atoms. The maximum atomic E-state index is 11.6. The number of likely N-dealkylation sites (N-methyl/N-ethyl adjacent to an activating group) is 1. The van der Waals surface area contributed by atoms with Gasteiger partial charge in [0.15, 0.2) is 0 Å². The normalized spacial score (nSPS) is 10.8. The second-order valence-electron chi connectivity index (χ2n) is 3.90. The minimum atomic E-state index is 0.00949. The Morgan fingerprint density at radius 1 is 1.44 bits per heavy atom. The standard InChI is InChI=1S/C11H19N3OS/c1-13(2)5-6-14(11(15)8-12)9-10-4-3-7-16-10/h3-4,7H,5-6,8-9,12H2,1-2H3. The monoisotopic (exact) mass is 241 g/mol. The van der Waals surface area contributed by atoms with Crippen molar-refractivity contribution in [1.29, 1.82) is 0 Å². The van der Waals surface area contributed by atoms with Gasteiger partial charge in [-0.3, -0.25) is 4.79 Å². The fraction of sp³-hybridized carbons (Fsp3) is 0.545. The van der Waals surface area contributed by atoms with Crippen molar-refractivity contribution in [1.82, 2.24) is 9.80 Å². The highest BCUT2D eigenvalue weighted by molar-refractivity contribution is 7.09. The average molecular weight is 241 g/mol. The zero-order valence-corrected chi connectivity index (χ0v) is 10.7. The Hall–Kier alpha value is -0.910. The van der Waals surface area contributed by atoms with Crippen LogP contribution in [0.25, 0.3) is 0 Å². The fourth-order valence-corrected chi connectivity index (χ4v) is 2.05. The predicted molar refractivity (Wildman–Crippen MR) is 67.3 cm³/mol. The molecule has 0 aliphatic carbocycles. The topological polar surface area (TPSA) is 49.6 Å². The molecule has 0 spiro atoms. The predicted octanol–water partition coefficient (Wildman–Crippen LogP) is 0.597. The van der Waals surface area contributed by atoms with Crippen molar-refractivity contribution >= 4 is 17.2 Å². The van der Waals surface area contributed by atoms with Crippen molar-refractivity contribution in [3.8, 4) is 0 Å². The molecule has 0 aromatic carbocycles. The van der Waals surface area contributed by atoms with Crippen LogP contribution in [0.5, 0.6) is 0 Å². The second-order valence-corrected chi connectivity index (χ2v) is 4.93. The van der Waals surface area contributed by atoms with Crippen LogP contribution in [-0.2, 0) is 11.3 Å². The van der Waals surface area contributed by atoms with Crippen LogP contribution < -0.4 is 5.73 Å². The first-order chi connectivity index (χ1) is 7.63. The smallest absolute Gasteiger partial charge is 0.236 e. The summed E-state index contributed by atoms with van der Waals surface area (Å²) >= 11 is 1.67. The quantitative estimate of drug-likeness (QED) is 0.793. The van der Waals surface area contributed by atoms with Crippen LogP contribution in [0, 0.1) is 0 Å². The van der Waals surface area contributed by atoms with Gasteiger partial charge in [0, 0.05) is 18.0 Å². The maximum Gasteiger partial charge on any atom is 0.236 e. The van der Waals surface area contributed by atoms with Gasteiger partial charge in [-0.15, -0.1) is 11.3 Å². The van der Waals surface area contributed by atoms with Crippen molar-refractivity contribution in [2.45, 2.75) is 6.54 Å². The first kappa shape index (κ1) is 13.2. The van der Waals surface area contributed by atoms with E-state index in [2.05, 4.69) is 4.90 Å². The van der Waals surface area contributed by atoms with Crippen LogP contribution in [0.4, 0.5) is 0 Å². The summed E-state index contributed by atoms with van der Waals surface area (Å²) in [6.45, 7) is 2.33. The number of hydrogen-bond acceptors (Lipinski definition) is 4. The van der Waals surface area contributed by atoms with Gasteiger partial charge in [-0.05, 0) is 25.5 Å². The van der Waals surface area contributed by atoms with Gasteiger partial charge in [0.25, 0.3) is 0 Å². The van der Waals surface area contributed by atoms with Crippen LogP contribution >= 0.6 is 11.3 Å². The van der Waals surface area contributed by atoms with Crippen LogP contribution in [0.15, 0.2) is 17.5 Å².